The zero-order valence-corrected chi connectivity index (χ0v) is 10.8. The molecule has 0 heterocycles. The average Bonchev–Trinajstić information content (AvgIpc) is 2.35. The molecule has 0 fully saturated rings. The van der Waals surface area contributed by atoms with Crippen LogP contribution >= 0.6 is 0 Å². The first-order valence-electron chi connectivity index (χ1n) is 5.52. The summed E-state index contributed by atoms with van der Waals surface area (Å²) in [6, 6.07) is 6.94. The third-order valence-corrected chi connectivity index (χ3v) is 4.04. The van der Waals surface area contributed by atoms with Gasteiger partial charge in [-0.3, -0.25) is 0 Å². The molecule has 1 rings (SSSR count). The predicted molar refractivity (Wildman–Crippen MR) is 66.0 cm³/mol. The minimum atomic E-state index is -3.56. The third-order valence-electron chi connectivity index (χ3n) is 2.58. The Morgan fingerprint density at radius 2 is 2.12 bits per heavy atom. The van der Waals surface area contributed by atoms with E-state index in [0.717, 1.165) is 24.8 Å². The quantitative estimate of drug-likeness (QED) is 0.868. The van der Waals surface area contributed by atoms with Crippen molar-refractivity contribution in [3.05, 3.63) is 29.3 Å². The zero-order chi connectivity index (χ0) is 12.9. The third kappa shape index (κ3) is 3.05. The number of nitriles is 1. The Morgan fingerprint density at radius 3 is 2.65 bits per heavy atom. The van der Waals surface area contributed by atoms with Crippen LogP contribution in [0.5, 0.6) is 0 Å². The van der Waals surface area contributed by atoms with Crippen molar-refractivity contribution in [2.24, 2.45) is 0 Å². The van der Waals surface area contributed by atoms with E-state index in [4.69, 9.17) is 5.26 Å². The van der Waals surface area contributed by atoms with Crippen molar-refractivity contribution in [1.82, 2.24) is 4.72 Å². The fourth-order valence-corrected chi connectivity index (χ4v) is 2.54. The van der Waals surface area contributed by atoms with Crippen LogP contribution in [0, 0.1) is 11.3 Å². The molecule has 1 N–H and O–H groups in total. The van der Waals surface area contributed by atoms with E-state index in [1.54, 1.807) is 6.07 Å². The summed E-state index contributed by atoms with van der Waals surface area (Å²) in [7, 11) is -2.22. The number of hydrogen-bond acceptors (Lipinski definition) is 3. The van der Waals surface area contributed by atoms with E-state index >= 15 is 0 Å². The number of unbranched alkanes of at least 4 members (excludes halogenated alkanes) is 1. The van der Waals surface area contributed by atoms with Gasteiger partial charge >= 0.3 is 0 Å². The van der Waals surface area contributed by atoms with Crippen molar-refractivity contribution in [1.29, 1.82) is 5.26 Å². The second-order valence-electron chi connectivity index (χ2n) is 3.71. The van der Waals surface area contributed by atoms with Crippen LogP contribution in [-0.4, -0.2) is 15.5 Å². The summed E-state index contributed by atoms with van der Waals surface area (Å²) in [6.07, 6.45) is 2.68. The van der Waals surface area contributed by atoms with Crippen LogP contribution in [0.3, 0.4) is 0 Å². The molecule has 1 aromatic rings. The Hall–Kier alpha value is -1.38. The van der Waals surface area contributed by atoms with Gasteiger partial charge in [0.2, 0.25) is 10.0 Å². The number of nitrogens with one attached hydrogen (secondary N) is 1. The van der Waals surface area contributed by atoms with Gasteiger partial charge in [-0.05, 0) is 31.5 Å². The summed E-state index contributed by atoms with van der Waals surface area (Å²) < 4.78 is 25.7. The molecule has 0 aliphatic carbocycles. The number of sulfonamides is 1. The number of nitrogens with zero attached hydrogens (tertiary/aromatic N) is 1. The summed E-state index contributed by atoms with van der Waals surface area (Å²) in [5.41, 5.74) is 1.06. The maximum absolute atomic E-state index is 11.7. The van der Waals surface area contributed by atoms with E-state index in [2.05, 4.69) is 11.6 Å². The van der Waals surface area contributed by atoms with Crippen molar-refractivity contribution < 1.29 is 8.42 Å². The lowest BCUT2D eigenvalue weighted by molar-refractivity contribution is 0.587. The van der Waals surface area contributed by atoms with Crippen molar-refractivity contribution in [3.63, 3.8) is 0 Å². The first kappa shape index (κ1) is 13.7. The number of aryl methyl sites for hydroxylation is 1. The highest BCUT2D eigenvalue weighted by molar-refractivity contribution is 7.89. The van der Waals surface area contributed by atoms with E-state index in [-0.39, 0.29) is 10.5 Å². The SMILES string of the molecule is CCCCc1cccc(S(=O)(=O)NC)c1C#N. The first-order valence-corrected chi connectivity index (χ1v) is 7.00. The maximum Gasteiger partial charge on any atom is 0.241 e. The fourth-order valence-electron chi connectivity index (χ4n) is 1.61. The number of benzene rings is 1. The van der Waals surface area contributed by atoms with Crippen LogP contribution in [0.2, 0.25) is 0 Å². The summed E-state index contributed by atoms with van der Waals surface area (Å²) in [5, 5.41) is 9.12. The Bertz CT molecular complexity index is 530. The molecule has 0 saturated heterocycles. The monoisotopic (exact) mass is 252 g/mol. The fraction of sp³-hybridized carbons (Fsp3) is 0.417. The number of rotatable bonds is 5. The molecular weight excluding hydrogens is 236 g/mol. The molecule has 0 amide bonds. The largest absolute Gasteiger partial charge is 0.241 e. The summed E-state index contributed by atoms with van der Waals surface area (Å²) >= 11 is 0. The highest BCUT2D eigenvalue weighted by Crippen LogP contribution is 2.20. The van der Waals surface area contributed by atoms with Crippen molar-refractivity contribution >= 4 is 10.0 Å². The highest BCUT2D eigenvalue weighted by atomic mass is 32.2. The lowest BCUT2D eigenvalue weighted by Crippen LogP contribution is -2.20. The van der Waals surface area contributed by atoms with Gasteiger partial charge in [0, 0.05) is 0 Å². The van der Waals surface area contributed by atoms with Gasteiger partial charge in [-0.15, -0.1) is 0 Å². The molecule has 92 valence electrons. The molecule has 0 atom stereocenters. The summed E-state index contributed by atoms with van der Waals surface area (Å²) in [6.45, 7) is 2.06. The van der Waals surface area contributed by atoms with Gasteiger partial charge in [0.25, 0.3) is 0 Å². The van der Waals surface area contributed by atoms with Crippen molar-refractivity contribution in [3.8, 4) is 6.07 Å². The van der Waals surface area contributed by atoms with Gasteiger partial charge < -0.3 is 0 Å². The van der Waals surface area contributed by atoms with E-state index in [9.17, 15) is 8.42 Å². The lowest BCUT2D eigenvalue weighted by Gasteiger charge is -2.09. The molecule has 1 aromatic carbocycles. The van der Waals surface area contributed by atoms with Gasteiger partial charge in [-0.2, -0.15) is 5.26 Å². The molecule has 0 bridgehead atoms. The second kappa shape index (κ2) is 5.80. The van der Waals surface area contributed by atoms with Crippen LogP contribution in [0.15, 0.2) is 23.1 Å². The van der Waals surface area contributed by atoms with E-state index in [0.29, 0.717) is 0 Å². The molecule has 0 spiro atoms. The average molecular weight is 252 g/mol. The zero-order valence-electron chi connectivity index (χ0n) is 10.0. The topological polar surface area (TPSA) is 70.0 Å². The smallest absolute Gasteiger partial charge is 0.214 e. The lowest BCUT2D eigenvalue weighted by atomic mass is 10.0. The van der Waals surface area contributed by atoms with Crippen molar-refractivity contribution in [2.75, 3.05) is 7.05 Å². The molecule has 5 heteroatoms. The number of hydrogen-bond donors (Lipinski definition) is 1. The van der Waals surface area contributed by atoms with Gasteiger partial charge in [0.1, 0.15) is 6.07 Å². The molecule has 4 nitrogen and oxygen atoms in total. The maximum atomic E-state index is 11.7. The molecule has 0 radical (unpaired) electrons. The van der Waals surface area contributed by atoms with Crippen LogP contribution < -0.4 is 4.72 Å². The predicted octanol–water partition coefficient (Wildman–Crippen LogP) is 1.81. The van der Waals surface area contributed by atoms with E-state index in [1.165, 1.54) is 13.1 Å². The Kier molecular flexibility index (Phi) is 4.67. The molecule has 0 saturated carbocycles. The Morgan fingerprint density at radius 1 is 1.41 bits per heavy atom. The minimum absolute atomic E-state index is 0.0658. The van der Waals surface area contributed by atoms with Crippen LogP contribution in [0.25, 0.3) is 0 Å². The first-order chi connectivity index (χ1) is 8.06. The highest BCUT2D eigenvalue weighted by Gasteiger charge is 2.18. The Labute approximate surface area is 102 Å². The molecule has 0 aliphatic rings. The van der Waals surface area contributed by atoms with Gasteiger partial charge in [-0.25, -0.2) is 13.1 Å². The summed E-state index contributed by atoms with van der Waals surface area (Å²) in [4.78, 5) is 0.0658. The molecule has 0 unspecified atom stereocenters. The second-order valence-corrected chi connectivity index (χ2v) is 5.57. The molecule has 0 aliphatic heterocycles. The van der Waals surface area contributed by atoms with E-state index < -0.39 is 10.0 Å². The van der Waals surface area contributed by atoms with Gasteiger partial charge in [0.05, 0.1) is 10.5 Å². The Balaban J connectivity index is 3.30. The van der Waals surface area contributed by atoms with Crippen LogP contribution in [-0.2, 0) is 16.4 Å². The molecule has 17 heavy (non-hydrogen) atoms. The molecular formula is C12H16N2O2S. The normalized spacial score (nSPS) is 11.1. The van der Waals surface area contributed by atoms with Crippen LogP contribution in [0.4, 0.5) is 0 Å². The summed E-state index contributed by atoms with van der Waals surface area (Å²) in [5.74, 6) is 0. The van der Waals surface area contributed by atoms with Gasteiger partial charge in [-0.1, -0.05) is 25.5 Å². The van der Waals surface area contributed by atoms with Gasteiger partial charge in [0.15, 0.2) is 0 Å². The standard InChI is InChI=1S/C12H16N2O2S/c1-3-4-6-10-7-5-8-12(11(10)9-13)17(15,16)14-2/h5,7-8,14H,3-4,6H2,1-2H3. The minimum Gasteiger partial charge on any atom is -0.214 e. The van der Waals surface area contributed by atoms with E-state index in [1.807, 2.05) is 12.1 Å². The molecule has 0 aromatic heterocycles. The van der Waals surface area contributed by atoms with Crippen LogP contribution in [0.1, 0.15) is 30.9 Å². The van der Waals surface area contributed by atoms with Crippen molar-refractivity contribution in [2.45, 2.75) is 31.1 Å².